The van der Waals surface area contributed by atoms with Gasteiger partial charge in [0.1, 0.15) is 5.82 Å². The molecule has 0 aliphatic rings. The van der Waals surface area contributed by atoms with E-state index < -0.39 is 0 Å². The van der Waals surface area contributed by atoms with Crippen molar-refractivity contribution >= 4 is 23.3 Å². The zero-order valence-corrected chi connectivity index (χ0v) is 12.5. The number of nitrogens with one attached hydrogen (secondary N) is 2. The van der Waals surface area contributed by atoms with Gasteiger partial charge in [0.15, 0.2) is 0 Å². The van der Waals surface area contributed by atoms with E-state index in [-0.39, 0.29) is 0 Å². The summed E-state index contributed by atoms with van der Waals surface area (Å²) in [4.78, 5) is 4.30. The number of hydrogen-bond acceptors (Lipinski definition) is 4. The normalized spacial score (nSPS) is 12.2. The molecule has 0 radical (unpaired) electrons. The highest BCUT2D eigenvalue weighted by atomic mass is 32.2. The molecule has 2 N–H and O–H groups in total. The Bertz CT molecular complexity index is 331. The molecular formula is C14H25N3S. The Balaban J connectivity index is 2.40. The van der Waals surface area contributed by atoms with Gasteiger partial charge in [-0.25, -0.2) is 4.98 Å². The average molecular weight is 267 g/mol. The molecule has 3 nitrogen and oxygen atoms in total. The van der Waals surface area contributed by atoms with E-state index in [0.29, 0.717) is 6.04 Å². The monoisotopic (exact) mass is 267 g/mol. The van der Waals surface area contributed by atoms with Crippen LogP contribution in [0, 0.1) is 0 Å². The molecule has 18 heavy (non-hydrogen) atoms. The van der Waals surface area contributed by atoms with Crippen LogP contribution in [0.2, 0.25) is 0 Å². The van der Waals surface area contributed by atoms with Crippen molar-refractivity contribution in [3.05, 3.63) is 18.3 Å². The van der Waals surface area contributed by atoms with Gasteiger partial charge >= 0.3 is 0 Å². The highest BCUT2D eigenvalue weighted by molar-refractivity contribution is 7.99. The van der Waals surface area contributed by atoms with Crippen molar-refractivity contribution in [1.82, 2.24) is 4.98 Å². The summed E-state index contributed by atoms with van der Waals surface area (Å²) in [5.74, 6) is 3.38. The molecule has 1 unspecified atom stereocenters. The van der Waals surface area contributed by atoms with Crippen molar-refractivity contribution in [1.29, 1.82) is 0 Å². The van der Waals surface area contributed by atoms with Gasteiger partial charge in [-0.15, -0.1) is 0 Å². The van der Waals surface area contributed by atoms with Crippen molar-refractivity contribution in [3.8, 4) is 0 Å². The Morgan fingerprint density at radius 2 is 2.22 bits per heavy atom. The number of thioether (sulfide) groups is 1. The second-order valence-electron chi connectivity index (χ2n) is 4.39. The summed E-state index contributed by atoms with van der Waals surface area (Å²) in [5, 5.41) is 6.83. The fourth-order valence-corrected chi connectivity index (χ4v) is 2.44. The van der Waals surface area contributed by atoms with E-state index in [9.17, 15) is 0 Å². The van der Waals surface area contributed by atoms with Crippen molar-refractivity contribution in [2.24, 2.45) is 0 Å². The van der Waals surface area contributed by atoms with Crippen molar-refractivity contribution < 1.29 is 0 Å². The van der Waals surface area contributed by atoms with Gasteiger partial charge in [0.2, 0.25) is 0 Å². The molecule has 1 heterocycles. The predicted molar refractivity (Wildman–Crippen MR) is 83.7 cm³/mol. The van der Waals surface area contributed by atoms with Crippen LogP contribution in [-0.2, 0) is 0 Å². The quantitative estimate of drug-likeness (QED) is 0.666. The summed E-state index contributed by atoms with van der Waals surface area (Å²) in [5.41, 5.74) is 1.15. The third kappa shape index (κ3) is 6.15. The molecule has 1 atom stereocenters. The zero-order valence-electron chi connectivity index (χ0n) is 11.7. The van der Waals surface area contributed by atoms with Crippen LogP contribution in [0.3, 0.4) is 0 Å². The van der Waals surface area contributed by atoms with Gasteiger partial charge in [-0.05, 0) is 37.3 Å². The molecule has 0 aromatic carbocycles. The van der Waals surface area contributed by atoms with Crippen LogP contribution in [0.4, 0.5) is 11.5 Å². The molecule has 1 aromatic heterocycles. The molecule has 0 saturated heterocycles. The van der Waals surface area contributed by atoms with Gasteiger partial charge in [-0.3, -0.25) is 0 Å². The number of hydrogen-bond donors (Lipinski definition) is 2. The van der Waals surface area contributed by atoms with Gasteiger partial charge in [-0.1, -0.05) is 13.8 Å². The molecule has 0 amide bonds. The minimum absolute atomic E-state index is 0.505. The maximum atomic E-state index is 4.30. The SMILES string of the molecule is CCCNc1cc(NC(C)CCSCC)ccn1. The maximum absolute atomic E-state index is 4.30. The Kier molecular flexibility index (Phi) is 7.65. The molecule has 4 heteroatoms. The molecule has 0 aliphatic carbocycles. The second-order valence-corrected chi connectivity index (χ2v) is 5.78. The molecule has 0 saturated carbocycles. The molecule has 1 aromatic rings. The van der Waals surface area contributed by atoms with Crippen molar-refractivity contribution in [2.75, 3.05) is 28.7 Å². The third-order valence-electron chi connectivity index (χ3n) is 2.63. The summed E-state index contributed by atoms with van der Waals surface area (Å²) >= 11 is 2.00. The molecule has 0 aliphatic heterocycles. The Morgan fingerprint density at radius 1 is 1.39 bits per heavy atom. The Morgan fingerprint density at radius 3 is 2.94 bits per heavy atom. The van der Waals surface area contributed by atoms with Gasteiger partial charge in [0.05, 0.1) is 0 Å². The maximum Gasteiger partial charge on any atom is 0.127 e. The fourth-order valence-electron chi connectivity index (χ4n) is 1.63. The predicted octanol–water partition coefficient (Wildman–Crippen LogP) is 3.85. The summed E-state index contributed by atoms with van der Waals surface area (Å²) in [6.45, 7) is 7.56. The molecular weight excluding hydrogens is 242 g/mol. The summed E-state index contributed by atoms with van der Waals surface area (Å²) < 4.78 is 0. The van der Waals surface area contributed by atoms with Crippen molar-refractivity contribution in [3.63, 3.8) is 0 Å². The first-order chi connectivity index (χ1) is 8.76. The Hall–Kier alpha value is -0.900. The van der Waals surface area contributed by atoms with E-state index in [1.807, 2.05) is 24.0 Å². The first-order valence-corrected chi connectivity index (χ1v) is 7.96. The van der Waals surface area contributed by atoms with E-state index in [1.165, 1.54) is 17.9 Å². The van der Waals surface area contributed by atoms with E-state index in [4.69, 9.17) is 0 Å². The minimum atomic E-state index is 0.505. The smallest absolute Gasteiger partial charge is 0.127 e. The summed E-state index contributed by atoms with van der Waals surface area (Å²) in [6.07, 6.45) is 4.16. The standard InChI is InChI=1S/C14H25N3S/c1-4-8-15-14-11-13(6-9-16-14)17-12(3)7-10-18-5-2/h6,9,11-12H,4-5,7-8,10H2,1-3H3,(H2,15,16,17). The third-order valence-corrected chi connectivity index (χ3v) is 3.56. The van der Waals surface area contributed by atoms with Gasteiger partial charge in [0, 0.05) is 30.5 Å². The van der Waals surface area contributed by atoms with Crippen LogP contribution in [0.1, 0.15) is 33.6 Å². The Labute approximate surface area is 115 Å². The lowest BCUT2D eigenvalue weighted by molar-refractivity contribution is 0.771. The lowest BCUT2D eigenvalue weighted by Crippen LogP contribution is -2.16. The van der Waals surface area contributed by atoms with Gasteiger partial charge in [-0.2, -0.15) is 11.8 Å². The molecule has 102 valence electrons. The van der Waals surface area contributed by atoms with E-state index in [0.717, 1.165) is 24.5 Å². The number of anilines is 2. The zero-order chi connectivity index (χ0) is 13.2. The first-order valence-electron chi connectivity index (χ1n) is 6.80. The lowest BCUT2D eigenvalue weighted by atomic mass is 10.2. The fraction of sp³-hybridized carbons (Fsp3) is 0.643. The summed E-state index contributed by atoms with van der Waals surface area (Å²) in [6, 6.07) is 4.62. The van der Waals surface area contributed by atoms with E-state index >= 15 is 0 Å². The molecule has 1 rings (SSSR count). The van der Waals surface area contributed by atoms with Crippen LogP contribution in [0.25, 0.3) is 0 Å². The van der Waals surface area contributed by atoms with Crippen LogP contribution >= 0.6 is 11.8 Å². The molecule has 0 fully saturated rings. The number of nitrogens with zero attached hydrogens (tertiary/aromatic N) is 1. The van der Waals surface area contributed by atoms with Crippen LogP contribution in [-0.4, -0.2) is 29.1 Å². The van der Waals surface area contributed by atoms with Gasteiger partial charge in [0.25, 0.3) is 0 Å². The first kappa shape index (κ1) is 15.2. The van der Waals surface area contributed by atoms with Crippen LogP contribution < -0.4 is 10.6 Å². The molecule has 0 spiro atoms. The minimum Gasteiger partial charge on any atom is -0.382 e. The van der Waals surface area contributed by atoms with Crippen LogP contribution in [0.15, 0.2) is 18.3 Å². The van der Waals surface area contributed by atoms with E-state index in [1.54, 1.807) is 0 Å². The lowest BCUT2D eigenvalue weighted by Gasteiger charge is -2.15. The largest absolute Gasteiger partial charge is 0.382 e. The van der Waals surface area contributed by atoms with Gasteiger partial charge < -0.3 is 10.6 Å². The topological polar surface area (TPSA) is 37.0 Å². The second kappa shape index (κ2) is 9.09. The number of rotatable bonds is 9. The number of pyridine rings is 1. The average Bonchev–Trinajstić information content (AvgIpc) is 2.37. The highest BCUT2D eigenvalue weighted by Gasteiger charge is 2.02. The highest BCUT2D eigenvalue weighted by Crippen LogP contribution is 2.15. The van der Waals surface area contributed by atoms with E-state index in [2.05, 4.69) is 42.5 Å². The number of aromatic nitrogens is 1. The summed E-state index contributed by atoms with van der Waals surface area (Å²) in [7, 11) is 0. The molecule has 0 bridgehead atoms. The van der Waals surface area contributed by atoms with Crippen molar-refractivity contribution in [2.45, 2.75) is 39.7 Å². The van der Waals surface area contributed by atoms with Crippen LogP contribution in [0.5, 0.6) is 0 Å².